The van der Waals surface area contributed by atoms with Gasteiger partial charge >= 0.3 is 135 Å². The van der Waals surface area contributed by atoms with Crippen LogP contribution in [0.15, 0.2) is 30.3 Å². The molecule has 0 aromatic heterocycles. The third-order valence-electron chi connectivity index (χ3n) is 4.00. The molecule has 1 rings (SSSR count). The minimum atomic E-state index is -2.78. The molecule has 2 nitrogen and oxygen atoms in total. The molecule has 0 saturated heterocycles. The Morgan fingerprint density at radius 2 is 1.48 bits per heavy atom. The average Bonchev–Trinajstić information content (AvgIpc) is 2.52. The van der Waals surface area contributed by atoms with E-state index < -0.39 is 18.8 Å². The van der Waals surface area contributed by atoms with E-state index >= 15 is 0 Å². The summed E-state index contributed by atoms with van der Waals surface area (Å²) in [5.41, 5.74) is 0.711. The fourth-order valence-electron chi connectivity index (χ4n) is 2.81. The molecule has 0 aliphatic carbocycles. The van der Waals surface area contributed by atoms with E-state index in [0.29, 0.717) is 5.56 Å². The second-order valence-electron chi connectivity index (χ2n) is 5.90. The number of hydrogen-bond donors (Lipinski definition) is 0. The summed E-state index contributed by atoms with van der Waals surface area (Å²) in [4.78, 5) is 12.5. The second-order valence-corrected chi connectivity index (χ2v) is 17.5. The van der Waals surface area contributed by atoms with Gasteiger partial charge in [-0.15, -0.1) is 0 Å². The quantitative estimate of drug-likeness (QED) is 0.467. The van der Waals surface area contributed by atoms with Crippen molar-refractivity contribution in [3.63, 3.8) is 0 Å². The van der Waals surface area contributed by atoms with E-state index in [1.807, 2.05) is 30.3 Å². The molecule has 118 valence electrons. The second kappa shape index (κ2) is 10.3. The Kier molecular flexibility index (Phi) is 9.05. The van der Waals surface area contributed by atoms with E-state index in [0.717, 1.165) is 6.42 Å². The van der Waals surface area contributed by atoms with Gasteiger partial charge in [0.15, 0.2) is 0 Å². The van der Waals surface area contributed by atoms with Crippen LogP contribution in [0.25, 0.3) is 0 Å². The van der Waals surface area contributed by atoms with Crippen molar-refractivity contribution >= 4 is 24.8 Å². The monoisotopic (exact) mass is 398 g/mol. The van der Waals surface area contributed by atoms with Crippen LogP contribution < -0.4 is 0 Å². The Morgan fingerprint density at radius 1 is 0.905 bits per heavy atom. The number of hydrogen-bond acceptors (Lipinski definition) is 2. The van der Waals surface area contributed by atoms with Gasteiger partial charge in [-0.05, 0) is 0 Å². The first kappa shape index (κ1) is 18.5. The van der Waals surface area contributed by atoms with Crippen LogP contribution >= 0.6 is 0 Å². The topological polar surface area (TPSA) is 26.3 Å². The van der Waals surface area contributed by atoms with E-state index in [9.17, 15) is 4.79 Å². The van der Waals surface area contributed by atoms with Gasteiger partial charge in [0.05, 0.1) is 0 Å². The molecule has 0 radical (unpaired) electrons. The van der Waals surface area contributed by atoms with Gasteiger partial charge in [0.25, 0.3) is 0 Å². The van der Waals surface area contributed by atoms with Gasteiger partial charge in [0.1, 0.15) is 0 Å². The molecule has 0 bridgehead atoms. The minimum absolute atomic E-state index is 0.0768. The van der Waals surface area contributed by atoms with Crippen LogP contribution in [0.3, 0.4) is 0 Å². The first-order valence-electron chi connectivity index (χ1n) is 8.46. The van der Waals surface area contributed by atoms with Crippen LogP contribution in [-0.4, -0.2) is 24.8 Å². The van der Waals surface area contributed by atoms with Crippen LogP contribution in [0.2, 0.25) is 13.3 Å². The summed E-state index contributed by atoms with van der Waals surface area (Å²) in [7, 11) is 0. The summed E-state index contributed by atoms with van der Waals surface area (Å²) >= 11 is -2.78. The zero-order chi connectivity index (χ0) is 15.6. The van der Waals surface area contributed by atoms with Crippen LogP contribution in [0.4, 0.5) is 0 Å². The van der Waals surface area contributed by atoms with Gasteiger partial charge in [0.2, 0.25) is 0 Å². The van der Waals surface area contributed by atoms with Gasteiger partial charge < -0.3 is 0 Å². The van der Waals surface area contributed by atoms with Gasteiger partial charge in [-0.2, -0.15) is 0 Å². The first-order chi connectivity index (χ1) is 10.2. The summed E-state index contributed by atoms with van der Waals surface area (Å²) < 4.78 is 9.80. The Balaban J connectivity index is 2.84. The Labute approximate surface area is 134 Å². The van der Waals surface area contributed by atoms with Crippen LogP contribution in [0.5, 0.6) is 0 Å². The Bertz CT molecular complexity index is 395. The van der Waals surface area contributed by atoms with E-state index in [4.69, 9.17) is 3.07 Å². The van der Waals surface area contributed by atoms with Crippen LogP contribution in [0.1, 0.15) is 63.2 Å². The van der Waals surface area contributed by atoms with Crippen LogP contribution in [-0.2, 0) is 3.07 Å². The zero-order valence-corrected chi connectivity index (χ0v) is 16.7. The zero-order valence-electron chi connectivity index (χ0n) is 13.9. The van der Waals surface area contributed by atoms with Crippen molar-refractivity contribution in [3.8, 4) is 0 Å². The van der Waals surface area contributed by atoms with E-state index in [1.54, 1.807) is 0 Å². The SMILES string of the molecule is CCC[CH2][Sn]([CH2]CC)([CH2]CCC)[O]C(=O)c1ccccc1. The molecule has 0 heterocycles. The van der Waals surface area contributed by atoms with Gasteiger partial charge in [-0.3, -0.25) is 0 Å². The molecular formula is C18H30O2Sn. The molecule has 3 heteroatoms. The van der Waals surface area contributed by atoms with E-state index in [-0.39, 0.29) is 5.97 Å². The van der Waals surface area contributed by atoms with Gasteiger partial charge in [0, 0.05) is 0 Å². The molecular weight excluding hydrogens is 367 g/mol. The third-order valence-corrected chi connectivity index (χ3v) is 17.0. The fraction of sp³-hybridized carbons (Fsp3) is 0.611. The normalized spacial score (nSPS) is 11.4. The number of unbranched alkanes of at least 4 members (excludes halogenated alkanes) is 2. The molecule has 1 aromatic carbocycles. The molecule has 0 spiro atoms. The number of carbonyl (C=O) groups excluding carboxylic acids is 1. The molecule has 0 amide bonds. The summed E-state index contributed by atoms with van der Waals surface area (Å²) in [6.45, 7) is 6.67. The summed E-state index contributed by atoms with van der Waals surface area (Å²) in [6.07, 6.45) is 5.95. The number of rotatable bonds is 10. The Morgan fingerprint density at radius 3 is 1.95 bits per heavy atom. The summed E-state index contributed by atoms with van der Waals surface area (Å²) in [6, 6.07) is 9.49. The van der Waals surface area contributed by atoms with Crippen molar-refractivity contribution in [3.05, 3.63) is 35.9 Å². The fourth-order valence-corrected chi connectivity index (χ4v) is 15.6. The molecule has 1 aromatic rings. The first-order valence-corrected chi connectivity index (χ1v) is 15.7. The van der Waals surface area contributed by atoms with Gasteiger partial charge in [-0.1, -0.05) is 0 Å². The maximum absolute atomic E-state index is 12.5. The predicted molar refractivity (Wildman–Crippen MR) is 92.1 cm³/mol. The molecule has 0 saturated carbocycles. The molecule has 0 unspecified atom stereocenters. The van der Waals surface area contributed by atoms with Gasteiger partial charge in [-0.25, -0.2) is 0 Å². The van der Waals surface area contributed by atoms with Crippen molar-refractivity contribution in [2.45, 2.75) is 66.2 Å². The Hall–Kier alpha value is -0.511. The molecule has 0 aliphatic heterocycles. The number of carbonyl (C=O) groups is 1. The maximum atomic E-state index is 12.5. The standard InChI is InChI=1S/C7H6O2.2C4H9.C3H7.Sn/c8-7(9)6-4-2-1-3-5-6;2*1-3-4-2;1-3-2;/h1-5H,(H,8,9);2*1,3-4H2,2H3;1,3H2,2H3;/q;;;;+1/p-1. The summed E-state index contributed by atoms with van der Waals surface area (Å²) in [5, 5.41) is 0. The average molecular weight is 397 g/mol. The molecule has 0 fully saturated rings. The van der Waals surface area contributed by atoms with E-state index in [1.165, 1.54) is 39.0 Å². The van der Waals surface area contributed by atoms with Crippen LogP contribution in [0, 0.1) is 0 Å². The van der Waals surface area contributed by atoms with Crippen molar-refractivity contribution < 1.29 is 7.87 Å². The molecule has 0 N–H and O–H groups in total. The van der Waals surface area contributed by atoms with Crippen molar-refractivity contribution in [1.82, 2.24) is 0 Å². The third kappa shape index (κ3) is 6.41. The summed E-state index contributed by atoms with van der Waals surface area (Å²) in [5.74, 6) is -0.0768. The van der Waals surface area contributed by atoms with E-state index in [2.05, 4.69) is 20.8 Å². The molecule has 0 atom stereocenters. The predicted octanol–water partition coefficient (Wildman–Crippen LogP) is 5.80. The molecule has 0 aliphatic rings. The van der Waals surface area contributed by atoms with Crippen molar-refractivity contribution in [1.29, 1.82) is 0 Å². The molecule has 21 heavy (non-hydrogen) atoms. The van der Waals surface area contributed by atoms with Crippen molar-refractivity contribution in [2.24, 2.45) is 0 Å². The van der Waals surface area contributed by atoms with Crippen molar-refractivity contribution in [2.75, 3.05) is 0 Å². The number of benzene rings is 1.